The molecule has 2 N–H and O–H groups in total. The van der Waals surface area contributed by atoms with E-state index in [1.54, 1.807) is 0 Å². The van der Waals surface area contributed by atoms with Crippen molar-refractivity contribution in [2.24, 2.45) is 11.3 Å². The van der Waals surface area contributed by atoms with E-state index in [2.05, 4.69) is 15.4 Å². The molecule has 3 fully saturated rings. The zero-order chi connectivity index (χ0) is 28.5. The fourth-order valence-electron chi connectivity index (χ4n) is 4.51. The molecule has 0 aromatic heterocycles. The second-order valence-electron chi connectivity index (χ2n) is 9.05. The van der Waals surface area contributed by atoms with E-state index in [1.165, 1.54) is 4.90 Å². The molecule has 0 aromatic rings. The molecule has 2 heterocycles. The number of hydrogen-bond donors (Lipinski definition) is 2. The second-order valence-corrected chi connectivity index (χ2v) is 9.05. The van der Waals surface area contributed by atoms with Crippen LogP contribution < -0.4 is 10.6 Å². The van der Waals surface area contributed by atoms with Crippen LogP contribution in [0.5, 0.6) is 0 Å². The summed E-state index contributed by atoms with van der Waals surface area (Å²) in [7, 11) is 0. The van der Waals surface area contributed by atoms with Crippen LogP contribution in [0.4, 0.5) is 13.2 Å². The molecule has 33 heavy (non-hydrogen) atoms. The monoisotopic (exact) mass is 480 g/mol. The molecule has 3 atom stereocenters. The van der Waals surface area contributed by atoms with Crippen molar-refractivity contribution in [2.75, 3.05) is 19.7 Å². The summed E-state index contributed by atoms with van der Waals surface area (Å²) >= 11 is 0. The highest BCUT2D eigenvalue weighted by Crippen LogP contribution is 2.55. The van der Waals surface area contributed by atoms with Crippen LogP contribution in [0.3, 0.4) is 0 Å². The zero-order valence-electron chi connectivity index (χ0n) is 23.1. The van der Waals surface area contributed by atoms with Crippen molar-refractivity contribution in [3.63, 3.8) is 0 Å². The molecule has 3 aliphatic rings. The van der Waals surface area contributed by atoms with Crippen molar-refractivity contribution in [1.29, 1.82) is 0 Å². The number of rotatable bonds is 11. The number of alkyl halides is 3. The molecule has 3 rings (SSSR count). The maximum atomic E-state index is 13.3. The fourth-order valence-corrected chi connectivity index (χ4v) is 4.51. The summed E-state index contributed by atoms with van der Waals surface area (Å²) < 4.78 is 78.3. The predicted molar refractivity (Wildman–Crippen MR) is 111 cm³/mol. The van der Waals surface area contributed by atoms with E-state index in [1.807, 2.05) is 0 Å². The fraction of sp³-hybridized carbons (Fsp3) is 0.818. The lowest BCUT2D eigenvalue weighted by atomic mass is 9.95. The smallest absolute Gasteiger partial charge is 0.356 e. The topological polar surface area (TPSA) is 105 Å². The average Bonchev–Trinajstić information content (AvgIpc) is 3.24. The summed E-state index contributed by atoms with van der Waals surface area (Å²) in [4.78, 5) is 52.1. The number of hydrogen-bond acceptors (Lipinski definition) is 5. The van der Waals surface area contributed by atoms with Crippen LogP contribution in [0.25, 0.3) is 0 Å². The van der Waals surface area contributed by atoms with Crippen molar-refractivity contribution < 1.29 is 43.9 Å². The molecule has 0 unspecified atom stereocenters. The van der Waals surface area contributed by atoms with Gasteiger partial charge in [0.15, 0.2) is 5.78 Å². The van der Waals surface area contributed by atoms with Gasteiger partial charge in [0.05, 0.1) is 6.04 Å². The number of likely N-dealkylation sites (tertiary alicyclic amines) is 1. The summed E-state index contributed by atoms with van der Waals surface area (Å²) in [6.45, 7) is -3.59. The molecule has 0 radical (unpaired) electrons. The van der Waals surface area contributed by atoms with E-state index >= 15 is 0 Å². The first-order chi connectivity index (χ1) is 17.4. The van der Waals surface area contributed by atoms with Gasteiger partial charge in [0, 0.05) is 32.3 Å². The molecule has 3 amide bonds. The van der Waals surface area contributed by atoms with Crippen LogP contribution in [-0.2, 0) is 23.9 Å². The third kappa shape index (κ3) is 6.91. The molecule has 0 aromatic carbocycles. The van der Waals surface area contributed by atoms with Crippen LogP contribution >= 0.6 is 0 Å². The highest BCUT2D eigenvalue weighted by atomic mass is 19.4. The molecule has 186 valence electrons. The minimum Gasteiger partial charge on any atom is -0.356 e. The Hall–Kier alpha value is -2.17. The lowest BCUT2D eigenvalue weighted by molar-refractivity contribution is -0.321. The van der Waals surface area contributed by atoms with Crippen LogP contribution in [0, 0.1) is 11.3 Å². The number of halogens is 3. The van der Waals surface area contributed by atoms with Gasteiger partial charge in [-0.15, -0.1) is 13.2 Å². The van der Waals surface area contributed by atoms with Crippen molar-refractivity contribution in [3.8, 4) is 0 Å². The predicted octanol–water partition coefficient (Wildman–Crippen LogP) is 2.06. The molecular weight excluding hydrogens is 443 g/mol. The first-order valence-corrected chi connectivity index (χ1v) is 11.0. The summed E-state index contributed by atoms with van der Waals surface area (Å²) in [6.07, 6.45) is -6.21. The Bertz CT molecular complexity index is 943. The number of carbonyl (C=O) groups excluding carboxylic acids is 4. The molecule has 0 bridgehead atoms. The number of amides is 3. The Kier molecular flexibility index (Phi) is 6.04. The quantitative estimate of drug-likeness (QED) is 0.471. The minimum absolute atomic E-state index is 0.0608. The lowest BCUT2D eigenvalue weighted by Crippen LogP contribution is -2.52. The van der Waals surface area contributed by atoms with Gasteiger partial charge in [0.1, 0.15) is 12.6 Å². The Balaban J connectivity index is 1.67. The number of ketones is 1. The average molecular weight is 481 g/mol. The van der Waals surface area contributed by atoms with Gasteiger partial charge in [-0.3, -0.25) is 23.9 Å². The second kappa shape index (κ2) is 10.4. The lowest BCUT2D eigenvalue weighted by Gasteiger charge is -2.27. The normalized spacial score (nSPS) is 27.7. The van der Waals surface area contributed by atoms with E-state index in [0.29, 0.717) is 19.4 Å². The highest BCUT2D eigenvalue weighted by Gasteiger charge is 2.55. The number of ether oxygens (including phenoxy) is 1. The molecule has 11 heteroatoms. The van der Waals surface area contributed by atoms with Gasteiger partial charge in [-0.2, -0.15) is 0 Å². The molecule has 2 saturated heterocycles. The molecule has 1 saturated carbocycles. The number of nitrogens with zero attached hydrogens (tertiary/aromatic N) is 1. The summed E-state index contributed by atoms with van der Waals surface area (Å²) in [5, 5.41) is 5.02. The van der Waals surface area contributed by atoms with Crippen LogP contribution in [0.1, 0.15) is 71.4 Å². The molecular formula is C22H32F3N3O5. The van der Waals surface area contributed by atoms with E-state index in [4.69, 9.17) is 6.85 Å². The van der Waals surface area contributed by atoms with Gasteiger partial charge < -0.3 is 15.5 Å². The minimum atomic E-state index is -5.06. The Morgan fingerprint density at radius 1 is 1.36 bits per heavy atom. The van der Waals surface area contributed by atoms with Crippen LogP contribution in [0.15, 0.2) is 0 Å². The summed E-state index contributed by atoms with van der Waals surface area (Å²) in [6, 6.07) is -2.43. The third-order valence-electron chi connectivity index (χ3n) is 6.55. The Morgan fingerprint density at radius 2 is 2.12 bits per heavy atom. The summed E-state index contributed by atoms with van der Waals surface area (Å²) in [5.74, 6) is -3.32. The maximum absolute atomic E-state index is 13.3. The first-order valence-electron chi connectivity index (χ1n) is 13.5. The Morgan fingerprint density at radius 3 is 2.73 bits per heavy atom. The van der Waals surface area contributed by atoms with E-state index in [-0.39, 0.29) is 43.6 Å². The van der Waals surface area contributed by atoms with Crippen LogP contribution in [0.2, 0.25) is 0 Å². The van der Waals surface area contributed by atoms with Gasteiger partial charge in [0.25, 0.3) is 0 Å². The first kappa shape index (κ1) is 19.2. The van der Waals surface area contributed by atoms with Gasteiger partial charge in [0.2, 0.25) is 17.7 Å². The van der Waals surface area contributed by atoms with E-state index in [9.17, 15) is 32.3 Å². The standard InChI is InChI=1S/C22H32F3N3O5/c1-2-3-4-5-18(30)28-13-21(7-8-21)11-16(28)20(32)27-15(10-14-6-9-26-19(14)31)17(29)12-33-22(23,24)25/h14-16H,2-13H2,1H3,(H,26,31)(H,27,32)/t14-,15-,16-/m0/s1/i1D3,2D2. The van der Waals surface area contributed by atoms with Gasteiger partial charge >= 0.3 is 6.36 Å². The van der Waals surface area contributed by atoms with Crippen LogP contribution in [-0.4, -0.2) is 66.5 Å². The van der Waals surface area contributed by atoms with E-state index in [0.717, 1.165) is 12.8 Å². The van der Waals surface area contributed by atoms with Crippen molar-refractivity contribution in [1.82, 2.24) is 15.5 Å². The summed E-state index contributed by atoms with van der Waals surface area (Å²) in [5.41, 5.74) is -0.269. The van der Waals surface area contributed by atoms with E-state index < -0.39 is 61.8 Å². The molecule has 8 nitrogen and oxygen atoms in total. The zero-order valence-corrected chi connectivity index (χ0v) is 18.1. The highest BCUT2D eigenvalue weighted by molar-refractivity contribution is 5.94. The van der Waals surface area contributed by atoms with Crippen molar-refractivity contribution in [3.05, 3.63) is 0 Å². The van der Waals surface area contributed by atoms with Gasteiger partial charge in [-0.05, 0) is 43.9 Å². The molecule has 1 aliphatic carbocycles. The SMILES string of the molecule is [2H]C([2H])([2H])C([2H])([2H])CCCC(=O)N1CC2(CC2)C[C@H]1C(=O)N[C@@H](C[C@@H]1CCNC1=O)C(=O)COC(F)(F)F. The molecule has 2 aliphatic heterocycles. The largest absolute Gasteiger partial charge is 0.522 e. The number of Topliss-reactive ketones (excluding diaryl/α,β-unsaturated/α-hetero) is 1. The van der Waals surface area contributed by atoms with Crippen molar-refractivity contribution >= 4 is 23.5 Å². The van der Waals surface area contributed by atoms with Gasteiger partial charge in [-0.1, -0.05) is 19.6 Å². The van der Waals surface area contributed by atoms with Gasteiger partial charge in [-0.25, -0.2) is 0 Å². The Labute approximate surface area is 198 Å². The number of carbonyl (C=O) groups is 4. The number of nitrogens with one attached hydrogen (secondary N) is 2. The third-order valence-corrected chi connectivity index (χ3v) is 6.55. The van der Waals surface area contributed by atoms with Crippen molar-refractivity contribution in [2.45, 2.75) is 83.0 Å². The molecule has 1 spiro atoms. The maximum Gasteiger partial charge on any atom is 0.522 e.